The summed E-state index contributed by atoms with van der Waals surface area (Å²) in [6, 6.07) is 3.14. The molecule has 0 spiro atoms. The molecule has 92 valence electrons. The normalized spacial score (nSPS) is 20.4. The number of carbonyl (C=O) groups excluding carboxylic acids is 1. The second-order valence-electron chi connectivity index (χ2n) is 4.07. The molecular formula is C12H11Cl3O2. The standard InChI is InChI=1S/C12H11Cl3O2/c13-9-5-11(15)12(6-10(9)14)17-8-3-1-2-7(16)4-8/h5-6,8H,1-4H2. The molecule has 0 amide bonds. The number of ketones is 1. The fraction of sp³-hybridized carbons (Fsp3) is 0.417. The summed E-state index contributed by atoms with van der Waals surface area (Å²) in [4.78, 5) is 11.3. The van der Waals surface area contributed by atoms with Gasteiger partial charge in [-0.25, -0.2) is 0 Å². The second kappa shape index (κ2) is 5.47. The summed E-state index contributed by atoms with van der Waals surface area (Å²) in [5.74, 6) is 0.721. The molecule has 0 bridgehead atoms. The van der Waals surface area contributed by atoms with Crippen molar-refractivity contribution in [1.29, 1.82) is 0 Å². The summed E-state index contributed by atoms with van der Waals surface area (Å²) >= 11 is 17.7. The average Bonchev–Trinajstić information content (AvgIpc) is 2.26. The number of hydrogen-bond acceptors (Lipinski definition) is 2. The minimum Gasteiger partial charge on any atom is -0.488 e. The summed E-state index contributed by atoms with van der Waals surface area (Å²) in [5, 5.41) is 1.20. The summed E-state index contributed by atoms with van der Waals surface area (Å²) in [5.41, 5.74) is 0. The van der Waals surface area contributed by atoms with Gasteiger partial charge in [0, 0.05) is 18.9 Å². The number of halogens is 3. The SMILES string of the molecule is O=C1CCCC(Oc2cc(Cl)c(Cl)cc2Cl)C1. The molecule has 1 unspecified atom stereocenters. The first kappa shape index (κ1) is 13.0. The van der Waals surface area contributed by atoms with Crippen molar-refractivity contribution in [2.24, 2.45) is 0 Å². The number of rotatable bonds is 2. The Morgan fingerprint density at radius 1 is 1.12 bits per heavy atom. The van der Waals surface area contributed by atoms with Gasteiger partial charge in [0.05, 0.1) is 15.1 Å². The number of carbonyl (C=O) groups is 1. The highest BCUT2D eigenvalue weighted by molar-refractivity contribution is 6.43. The molecule has 1 aromatic rings. The van der Waals surface area contributed by atoms with Crippen LogP contribution in [0.4, 0.5) is 0 Å². The highest BCUT2D eigenvalue weighted by Crippen LogP contribution is 2.35. The lowest BCUT2D eigenvalue weighted by atomic mass is 9.96. The van der Waals surface area contributed by atoms with Gasteiger partial charge in [0.15, 0.2) is 0 Å². The molecule has 1 aromatic carbocycles. The fourth-order valence-corrected chi connectivity index (χ4v) is 2.44. The Bertz CT molecular complexity index is 446. The van der Waals surface area contributed by atoms with Crippen molar-refractivity contribution in [2.75, 3.05) is 0 Å². The predicted octanol–water partition coefficient (Wildman–Crippen LogP) is 4.54. The van der Waals surface area contributed by atoms with Gasteiger partial charge in [-0.05, 0) is 18.9 Å². The van der Waals surface area contributed by atoms with Crippen LogP contribution in [-0.4, -0.2) is 11.9 Å². The van der Waals surface area contributed by atoms with Gasteiger partial charge in [0.1, 0.15) is 17.6 Å². The maximum absolute atomic E-state index is 11.3. The van der Waals surface area contributed by atoms with Crippen LogP contribution in [0.2, 0.25) is 15.1 Å². The van der Waals surface area contributed by atoms with E-state index in [9.17, 15) is 4.79 Å². The lowest BCUT2D eigenvalue weighted by Crippen LogP contribution is -2.25. The first-order valence-electron chi connectivity index (χ1n) is 5.39. The highest BCUT2D eigenvalue weighted by atomic mass is 35.5. The molecule has 0 saturated heterocycles. The van der Waals surface area contributed by atoms with E-state index in [2.05, 4.69) is 0 Å². The van der Waals surface area contributed by atoms with Crippen LogP contribution in [0.25, 0.3) is 0 Å². The number of ether oxygens (including phenoxy) is 1. The van der Waals surface area contributed by atoms with Crippen molar-refractivity contribution in [3.8, 4) is 5.75 Å². The van der Waals surface area contributed by atoms with Gasteiger partial charge in [-0.1, -0.05) is 34.8 Å². The minimum atomic E-state index is -0.106. The van der Waals surface area contributed by atoms with Gasteiger partial charge in [0.25, 0.3) is 0 Å². The zero-order valence-corrected chi connectivity index (χ0v) is 11.3. The van der Waals surface area contributed by atoms with Crippen molar-refractivity contribution in [2.45, 2.75) is 31.8 Å². The van der Waals surface area contributed by atoms with Crippen molar-refractivity contribution in [3.05, 3.63) is 27.2 Å². The van der Waals surface area contributed by atoms with E-state index in [1.165, 1.54) is 0 Å². The molecule has 0 aliphatic heterocycles. The second-order valence-corrected chi connectivity index (χ2v) is 5.29. The van der Waals surface area contributed by atoms with E-state index < -0.39 is 0 Å². The topological polar surface area (TPSA) is 26.3 Å². The van der Waals surface area contributed by atoms with E-state index in [1.54, 1.807) is 12.1 Å². The highest BCUT2D eigenvalue weighted by Gasteiger charge is 2.22. The van der Waals surface area contributed by atoms with Crippen LogP contribution in [0.1, 0.15) is 25.7 Å². The maximum atomic E-state index is 11.3. The first-order valence-corrected chi connectivity index (χ1v) is 6.52. The predicted molar refractivity (Wildman–Crippen MR) is 69.4 cm³/mol. The Hall–Kier alpha value is -0.440. The van der Waals surface area contributed by atoms with E-state index in [1.807, 2.05) is 0 Å². The maximum Gasteiger partial charge on any atom is 0.139 e. The third-order valence-electron chi connectivity index (χ3n) is 2.71. The van der Waals surface area contributed by atoms with Crippen LogP contribution in [0.5, 0.6) is 5.75 Å². The largest absolute Gasteiger partial charge is 0.488 e. The van der Waals surface area contributed by atoms with Gasteiger partial charge < -0.3 is 4.74 Å². The van der Waals surface area contributed by atoms with Gasteiger partial charge in [-0.3, -0.25) is 4.79 Å². The third-order valence-corrected chi connectivity index (χ3v) is 3.72. The van der Waals surface area contributed by atoms with E-state index in [4.69, 9.17) is 39.5 Å². The van der Waals surface area contributed by atoms with E-state index in [0.717, 1.165) is 12.8 Å². The molecule has 0 heterocycles. The number of hydrogen-bond donors (Lipinski definition) is 0. The van der Waals surface area contributed by atoms with Crippen molar-refractivity contribution >= 4 is 40.6 Å². The number of benzene rings is 1. The Morgan fingerprint density at radius 2 is 1.82 bits per heavy atom. The quantitative estimate of drug-likeness (QED) is 0.748. The minimum absolute atomic E-state index is 0.106. The molecule has 1 aliphatic carbocycles. The van der Waals surface area contributed by atoms with Crippen LogP contribution in [0, 0.1) is 0 Å². The van der Waals surface area contributed by atoms with Gasteiger partial charge in [0.2, 0.25) is 0 Å². The van der Waals surface area contributed by atoms with Gasteiger partial charge in [-0.15, -0.1) is 0 Å². The lowest BCUT2D eigenvalue weighted by Gasteiger charge is -2.23. The van der Waals surface area contributed by atoms with Crippen molar-refractivity contribution in [1.82, 2.24) is 0 Å². The number of Topliss-reactive ketones (excluding diaryl/α,β-unsaturated/α-hetero) is 1. The van der Waals surface area contributed by atoms with Crippen LogP contribution in [0.15, 0.2) is 12.1 Å². The molecule has 5 heteroatoms. The molecule has 0 radical (unpaired) electrons. The lowest BCUT2D eigenvalue weighted by molar-refractivity contribution is -0.122. The molecule has 0 aromatic heterocycles. The van der Waals surface area contributed by atoms with E-state index >= 15 is 0 Å². The first-order chi connectivity index (χ1) is 8.06. The average molecular weight is 294 g/mol. The molecule has 1 atom stereocenters. The zero-order chi connectivity index (χ0) is 12.4. The third kappa shape index (κ3) is 3.27. The van der Waals surface area contributed by atoms with E-state index in [0.29, 0.717) is 33.7 Å². The molecule has 17 heavy (non-hydrogen) atoms. The van der Waals surface area contributed by atoms with Crippen molar-refractivity contribution in [3.63, 3.8) is 0 Å². The fourth-order valence-electron chi connectivity index (χ4n) is 1.86. The van der Waals surface area contributed by atoms with Gasteiger partial charge in [-0.2, -0.15) is 0 Å². The Labute approximate surface area is 115 Å². The molecule has 1 aliphatic rings. The Balaban J connectivity index is 2.12. The van der Waals surface area contributed by atoms with Crippen LogP contribution < -0.4 is 4.74 Å². The van der Waals surface area contributed by atoms with Crippen LogP contribution >= 0.6 is 34.8 Å². The monoisotopic (exact) mass is 292 g/mol. The Morgan fingerprint density at radius 3 is 2.53 bits per heavy atom. The molecule has 1 saturated carbocycles. The summed E-state index contributed by atoms with van der Waals surface area (Å²) in [6.07, 6.45) is 2.71. The summed E-state index contributed by atoms with van der Waals surface area (Å²) < 4.78 is 5.70. The smallest absolute Gasteiger partial charge is 0.139 e. The zero-order valence-electron chi connectivity index (χ0n) is 9.01. The molecular weight excluding hydrogens is 282 g/mol. The van der Waals surface area contributed by atoms with Crippen molar-refractivity contribution < 1.29 is 9.53 Å². The summed E-state index contributed by atoms with van der Waals surface area (Å²) in [7, 11) is 0. The van der Waals surface area contributed by atoms with Crippen LogP contribution in [-0.2, 0) is 4.79 Å². The van der Waals surface area contributed by atoms with Gasteiger partial charge >= 0.3 is 0 Å². The van der Waals surface area contributed by atoms with Crippen LogP contribution in [0.3, 0.4) is 0 Å². The molecule has 2 nitrogen and oxygen atoms in total. The Kier molecular flexibility index (Phi) is 4.18. The molecule has 0 N–H and O–H groups in total. The van der Waals surface area contributed by atoms with E-state index in [-0.39, 0.29) is 11.9 Å². The molecule has 1 fully saturated rings. The summed E-state index contributed by atoms with van der Waals surface area (Å²) in [6.45, 7) is 0. The molecule has 2 rings (SSSR count).